The lowest BCUT2D eigenvalue weighted by atomic mass is 9.82. The first kappa shape index (κ1) is 16.8. The molecule has 0 amide bonds. The number of ether oxygens (including phenoxy) is 2. The zero-order valence-electron chi connectivity index (χ0n) is 15.0. The molecule has 128 valence electrons. The van der Waals surface area contributed by atoms with Crippen LogP contribution < -0.4 is 4.74 Å². The van der Waals surface area contributed by atoms with Crippen molar-refractivity contribution >= 4 is 16.7 Å². The zero-order valence-corrected chi connectivity index (χ0v) is 15.0. The van der Waals surface area contributed by atoms with Crippen molar-refractivity contribution in [2.45, 2.75) is 46.1 Å². The van der Waals surface area contributed by atoms with Crippen molar-refractivity contribution in [2.24, 2.45) is 11.8 Å². The Kier molecular flexibility index (Phi) is 4.79. The molecule has 0 heterocycles. The van der Waals surface area contributed by atoms with Gasteiger partial charge in [-0.2, -0.15) is 0 Å². The van der Waals surface area contributed by atoms with Crippen molar-refractivity contribution in [1.29, 1.82) is 0 Å². The largest absolute Gasteiger partial charge is 0.490 e. The van der Waals surface area contributed by atoms with E-state index in [9.17, 15) is 4.79 Å². The Labute approximate surface area is 144 Å². The Hall–Kier alpha value is -2.03. The second kappa shape index (κ2) is 6.84. The van der Waals surface area contributed by atoms with Crippen LogP contribution in [0.4, 0.5) is 0 Å². The van der Waals surface area contributed by atoms with Crippen LogP contribution in [0.2, 0.25) is 0 Å². The van der Waals surface area contributed by atoms with Crippen LogP contribution in [0.5, 0.6) is 5.75 Å². The number of aryl methyl sites for hydroxylation is 1. The summed E-state index contributed by atoms with van der Waals surface area (Å²) in [5.41, 5.74) is 1.71. The molecule has 0 aromatic heterocycles. The van der Waals surface area contributed by atoms with Crippen molar-refractivity contribution in [3.8, 4) is 5.75 Å². The maximum absolute atomic E-state index is 11.7. The predicted octanol–water partition coefficient (Wildman–Crippen LogP) is 5.14. The summed E-state index contributed by atoms with van der Waals surface area (Å²) in [5.74, 6) is 2.10. The van der Waals surface area contributed by atoms with Crippen molar-refractivity contribution in [1.82, 2.24) is 0 Å². The molecule has 0 N–H and O–H groups in total. The summed E-state index contributed by atoms with van der Waals surface area (Å²) in [4.78, 5) is 11.7. The van der Waals surface area contributed by atoms with Gasteiger partial charge < -0.3 is 9.47 Å². The quantitative estimate of drug-likeness (QED) is 0.733. The maximum Gasteiger partial charge on any atom is 0.337 e. The Morgan fingerprint density at radius 3 is 2.42 bits per heavy atom. The summed E-state index contributed by atoms with van der Waals surface area (Å²) in [6.45, 7) is 6.71. The van der Waals surface area contributed by atoms with E-state index in [1.807, 2.05) is 30.3 Å². The highest BCUT2D eigenvalue weighted by molar-refractivity contribution is 5.96. The van der Waals surface area contributed by atoms with Crippen molar-refractivity contribution in [2.75, 3.05) is 7.11 Å². The Balaban J connectivity index is 1.87. The third-order valence-electron chi connectivity index (χ3n) is 5.09. The maximum atomic E-state index is 11.7. The molecular formula is C21H26O3. The van der Waals surface area contributed by atoms with Crippen LogP contribution in [0.1, 0.15) is 49.0 Å². The highest BCUT2D eigenvalue weighted by atomic mass is 16.5. The van der Waals surface area contributed by atoms with E-state index in [4.69, 9.17) is 9.47 Å². The molecule has 0 saturated heterocycles. The smallest absolute Gasteiger partial charge is 0.337 e. The van der Waals surface area contributed by atoms with E-state index in [2.05, 4.69) is 20.8 Å². The lowest BCUT2D eigenvalue weighted by Crippen LogP contribution is -2.28. The second-order valence-electron chi connectivity index (χ2n) is 7.27. The molecule has 1 saturated carbocycles. The third kappa shape index (κ3) is 3.40. The minimum Gasteiger partial charge on any atom is -0.490 e. The number of esters is 1. The average Bonchev–Trinajstić information content (AvgIpc) is 2.55. The van der Waals surface area contributed by atoms with Crippen molar-refractivity contribution in [3.63, 3.8) is 0 Å². The van der Waals surface area contributed by atoms with Crippen LogP contribution >= 0.6 is 0 Å². The zero-order chi connectivity index (χ0) is 17.3. The number of carbonyl (C=O) groups is 1. The first-order chi connectivity index (χ1) is 11.5. The van der Waals surface area contributed by atoms with Crippen molar-refractivity contribution < 1.29 is 14.3 Å². The fourth-order valence-electron chi connectivity index (χ4n) is 3.99. The number of carbonyl (C=O) groups excluding carboxylic acids is 1. The minimum absolute atomic E-state index is 0.300. The van der Waals surface area contributed by atoms with E-state index >= 15 is 0 Å². The molecule has 3 rings (SSSR count). The van der Waals surface area contributed by atoms with E-state index in [1.165, 1.54) is 13.5 Å². The molecule has 24 heavy (non-hydrogen) atoms. The summed E-state index contributed by atoms with van der Waals surface area (Å²) in [7, 11) is 1.40. The van der Waals surface area contributed by atoms with Gasteiger partial charge in [0.05, 0.1) is 18.8 Å². The van der Waals surface area contributed by atoms with Gasteiger partial charge in [-0.3, -0.25) is 0 Å². The van der Waals surface area contributed by atoms with Gasteiger partial charge in [0.2, 0.25) is 0 Å². The van der Waals surface area contributed by atoms with E-state index in [0.29, 0.717) is 11.7 Å². The molecule has 3 heteroatoms. The SMILES string of the molecule is COC(=O)c1ccc2c(C)c(OC3CC(C)CC(C)C3)ccc2c1. The molecular weight excluding hydrogens is 300 g/mol. The number of fused-ring (bicyclic) bond motifs is 1. The van der Waals surface area contributed by atoms with Crippen LogP contribution in [0.25, 0.3) is 10.8 Å². The molecule has 0 spiro atoms. The normalized spacial score (nSPS) is 23.9. The molecule has 1 fully saturated rings. The molecule has 3 nitrogen and oxygen atoms in total. The standard InChI is InChI=1S/C21H26O3/c1-13-9-14(2)11-18(10-13)24-20-8-6-16-12-17(21(22)23-4)5-7-19(16)15(20)3/h5-8,12-14,18H,9-11H2,1-4H3. The molecule has 2 aromatic carbocycles. The van der Waals surface area contributed by atoms with Crippen LogP contribution in [0.15, 0.2) is 30.3 Å². The Bertz CT molecular complexity index is 740. The third-order valence-corrected chi connectivity index (χ3v) is 5.09. The van der Waals surface area contributed by atoms with Crippen LogP contribution in [0.3, 0.4) is 0 Å². The van der Waals surface area contributed by atoms with Crippen LogP contribution in [-0.2, 0) is 4.74 Å². The van der Waals surface area contributed by atoms with Crippen LogP contribution in [-0.4, -0.2) is 19.2 Å². The molecule has 2 atom stereocenters. The summed E-state index contributed by atoms with van der Waals surface area (Å²) in [6.07, 6.45) is 3.85. The van der Waals surface area contributed by atoms with Gasteiger partial charge in [0.25, 0.3) is 0 Å². The lowest BCUT2D eigenvalue weighted by Gasteiger charge is -2.32. The molecule has 0 aliphatic heterocycles. The summed E-state index contributed by atoms with van der Waals surface area (Å²) >= 11 is 0. The van der Waals surface area contributed by atoms with Gasteiger partial charge in [0.15, 0.2) is 0 Å². The van der Waals surface area contributed by atoms with Gasteiger partial charge in [0.1, 0.15) is 5.75 Å². The lowest BCUT2D eigenvalue weighted by molar-refractivity contribution is 0.0601. The molecule has 0 radical (unpaired) electrons. The van der Waals surface area contributed by atoms with Gasteiger partial charge in [-0.25, -0.2) is 4.79 Å². The Morgan fingerprint density at radius 2 is 1.75 bits per heavy atom. The highest BCUT2D eigenvalue weighted by Gasteiger charge is 2.25. The van der Waals surface area contributed by atoms with Gasteiger partial charge in [-0.05, 0) is 72.6 Å². The second-order valence-corrected chi connectivity index (χ2v) is 7.27. The first-order valence-corrected chi connectivity index (χ1v) is 8.76. The summed E-state index contributed by atoms with van der Waals surface area (Å²) in [5, 5.41) is 2.16. The molecule has 1 aliphatic carbocycles. The minimum atomic E-state index is -0.305. The van der Waals surface area contributed by atoms with E-state index in [0.717, 1.165) is 46.8 Å². The average molecular weight is 326 g/mol. The van der Waals surface area contributed by atoms with Gasteiger partial charge in [-0.1, -0.05) is 26.0 Å². The van der Waals surface area contributed by atoms with Gasteiger partial charge >= 0.3 is 5.97 Å². The van der Waals surface area contributed by atoms with Crippen molar-refractivity contribution in [3.05, 3.63) is 41.5 Å². The molecule has 2 unspecified atom stereocenters. The summed E-state index contributed by atoms with van der Waals surface area (Å²) in [6, 6.07) is 9.73. The first-order valence-electron chi connectivity index (χ1n) is 8.76. The Morgan fingerprint density at radius 1 is 1.04 bits per heavy atom. The fraction of sp³-hybridized carbons (Fsp3) is 0.476. The van der Waals surface area contributed by atoms with Gasteiger partial charge in [-0.15, -0.1) is 0 Å². The highest BCUT2D eigenvalue weighted by Crippen LogP contribution is 2.34. The number of benzene rings is 2. The molecule has 0 bridgehead atoms. The number of methoxy groups -OCH3 is 1. The molecule has 2 aromatic rings. The fourth-order valence-corrected chi connectivity index (χ4v) is 3.99. The number of rotatable bonds is 3. The number of hydrogen-bond acceptors (Lipinski definition) is 3. The molecule has 1 aliphatic rings. The van der Waals surface area contributed by atoms with E-state index in [1.54, 1.807) is 0 Å². The monoisotopic (exact) mass is 326 g/mol. The number of hydrogen-bond donors (Lipinski definition) is 0. The predicted molar refractivity (Wildman–Crippen MR) is 96.6 cm³/mol. The van der Waals surface area contributed by atoms with Crippen LogP contribution in [0, 0.1) is 18.8 Å². The summed E-state index contributed by atoms with van der Waals surface area (Å²) < 4.78 is 11.1. The van der Waals surface area contributed by atoms with E-state index in [-0.39, 0.29) is 5.97 Å². The van der Waals surface area contributed by atoms with Gasteiger partial charge in [0, 0.05) is 0 Å². The van der Waals surface area contributed by atoms with E-state index < -0.39 is 0 Å². The topological polar surface area (TPSA) is 35.5 Å².